The summed E-state index contributed by atoms with van der Waals surface area (Å²) in [5.74, 6) is -0.360. The van der Waals surface area contributed by atoms with Crippen molar-refractivity contribution in [2.45, 2.75) is 27.2 Å². The Balaban J connectivity index is 2.74. The third kappa shape index (κ3) is 3.70. The first-order chi connectivity index (χ1) is 8.60. The number of carbonyl (C=O) groups excluding carboxylic acids is 1. The number of H-pyrrole nitrogens is 1. The smallest absolute Gasteiger partial charge is 0.261 e. The zero-order valence-electron chi connectivity index (χ0n) is 11.1. The Kier molecular flexibility index (Phi) is 5.58. The van der Waals surface area contributed by atoms with Crippen LogP contribution in [0, 0.1) is 6.92 Å². The molecule has 0 fully saturated rings. The molecule has 2 N–H and O–H groups in total. The largest absolute Gasteiger partial charge is 0.380 e. The molecule has 1 aromatic heterocycles. The lowest BCUT2D eigenvalue weighted by atomic mass is 10.1. The van der Waals surface area contributed by atoms with E-state index >= 15 is 0 Å². The molecule has 0 aliphatic carbocycles. The fourth-order valence-corrected chi connectivity index (χ4v) is 1.68. The maximum absolute atomic E-state index is 11.8. The van der Waals surface area contributed by atoms with Gasteiger partial charge in [0, 0.05) is 18.8 Å². The molecule has 0 aliphatic heterocycles. The molecular weight excluding hydrogens is 232 g/mol. The van der Waals surface area contributed by atoms with E-state index in [0.717, 1.165) is 17.7 Å². The van der Waals surface area contributed by atoms with Gasteiger partial charge in [-0.25, -0.2) is 0 Å². The van der Waals surface area contributed by atoms with Crippen LogP contribution in [0.4, 0.5) is 0 Å². The molecule has 0 radical (unpaired) electrons. The summed E-state index contributed by atoms with van der Waals surface area (Å²) in [4.78, 5) is 26.3. The highest BCUT2D eigenvalue weighted by Gasteiger charge is 2.11. The summed E-state index contributed by atoms with van der Waals surface area (Å²) in [6, 6.07) is 1.63. The van der Waals surface area contributed by atoms with Gasteiger partial charge in [0.15, 0.2) is 0 Å². The van der Waals surface area contributed by atoms with E-state index in [2.05, 4.69) is 10.3 Å². The van der Waals surface area contributed by atoms with Crippen molar-refractivity contribution >= 4 is 5.91 Å². The quantitative estimate of drug-likeness (QED) is 0.742. The van der Waals surface area contributed by atoms with Crippen LogP contribution < -0.4 is 10.9 Å². The maximum atomic E-state index is 11.8. The van der Waals surface area contributed by atoms with Crippen molar-refractivity contribution in [1.82, 2.24) is 10.3 Å². The van der Waals surface area contributed by atoms with Crippen molar-refractivity contribution in [3.8, 4) is 0 Å². The number of aryl methyl sites for hydroxylation is 2. The molecule has 0 saturated carbocycles. The Bertz CT molecular complexity index is 466. The van der Waals surface area contributed by atoms with Crippen molar-refractivity contribution in [3.05, 3.63) is 33.2 Å². The summed E-state index contributed by atoms with van der Waals surface area (Å²) in [6.07, 6.45) is 0.743. The van der Waals surface area contributed by atoms with Gasteiger partial charge in [-0.2, -0.15) is 0 Å². The summed E-state index contributed by atoms with van der Waals surface area (Å²) >= 11 is 0. The van der Waals surface area contributed by atoms with Crippen molar-refractivity contribution < 1.29 is 9.53 Å². The first-order valence-corrected chi connectivity index (χ1v) is 6.18. The van der Waals surface area contributed by atoms with Gasteiger partial charge in [-0.1, -0.05) is 6.92 Å². The van der Waals surface area contributed by atoms with Crippen LogP contribution in [0.15, 0.2) is 10.9 Å². The van der Waals surface area contributed by atoms with Crippen LogP contribution >= 0.6 is 0 Å². The van der Waals surface area contributed by atoms with Gasteiger partial charge in [0.2, 0.25) is 0 Å². The van der Waals surface area contributed by atoms with E-state index in [0.29, 0.717) is 19.8 Å². The summed E-state index contributed by atoms with van der Waals surface area (Å²) in [7, 11) is 0. The molecule has 0 saturated heterocycles. The van der Waals surface area contributed by atoms with Crippen LogP contribution in [-0.4, -0.2) is 30.6 Å². The number of aromatic nitrogens is 1. The highest BCUT2D eigenvalue weighted by molar-refractivity contribution is 5.93. The van der Waals surface area contributed by atoms with Gasteiger partial charge >= 0.3 is 0 Å². The number of amides is 1. The minimum absolute atomic E-state index is 0.154. The molecule has 0 spiro atoms. The minimum atomic E-state index is -0.360. The lowest BCUT2D eigenvalue weighted by molar-refractivity contribution is 0.0921. The number of nitrogens with one attached hydrogen (secondary N) is 2. The number of hydrogen-bond donors (Lipinski definition) is 2. The molecule has 1 amide bonds. The molecular formula is C13H20N2O3. The first kappa shape index (κ1) is 14.4. The second kappa shape index (κ2) is 6.96. The summed E-state index contributed by atoms with van der Waals surface area (Å²) in [5, 5.41) is 2.66. The SMILES string of the molecule is CCOCCNC(=O)c1cc(C)c(CC)[nH]c1=O. The fraction of sp³-hybridized carbons (Fsp3) is 0.538. The average Bonchev–Trinajstić information content (AvgIpc) is 2.36. The molecule has 1 rings (SSSR count). The van der Waals surface area contributed by atoms with Crippen molar-refractivity contribution in [2.75, 3.05) is 19.8 Å². The molecule has 0 aromatic carbocycles. The van der Waals surface area contributed by atoms with E-state index in [1.54, 1.807) is 6.07 Å². The second-order valence-electron chi connectivity index (χ2n) is 3.98. The van der Waals surface area contributed by atoms with Gasteiger partial charge in [-0.05, 0) is 31.9 Å². The third-order valence-electron chi connectivity index (χ3n) is 2.68. The van der Waals surface area contributed by atoms with Crippen molar-refractivity contribution in [1.29, 1.82) is 0 Å². The Hall–Kier alpha value is -1.62. The Morgan fingerprint density at radius 2 is 2.17 bits per heavy atom. The molecule has 1 heterocycles. The van der Waals surface area contributed by atoms with Crippen LogP contribution in [0.5, 0.6) is 0 Å². The molecule has 100 valence electrons. The summed E-state index contributed by atoms with van der Waals surface area (Å²) < 4.78 is 5.11. The number of ether oxygens (including phenoxy) is 1. The Morgan fingerprint density at radius 3 is 2.78 bits per heavy atom. The van der Waals surface area contributed by atoms with Crippen molar-refractivity contribution in [3.63, 3.8) is 0 Å². The van der Waals surface area contributed by atoms with Crippen LogP contribution in [0.3, 0.4) is 0 Å². The fourth-order valence-electron chi connectivity index (χ4n) is 1.68. The highest BCUT2D eigenvalue weighted by Crippen LogP contribution is 2.04. The summed E-state index contributed by atoms with van der Waals surface area (Å²) in [5.41, 5.74) is 1.60. The Labute approximate surface area is 107 Å². The number of aromatic amines is 1. The van der Waals surface area contributed by atoms with E-state index in [1.807, 2.05) is 20.8 Å². The maximum Gasteiger partial charge on any atom is 0.261 e. The van der Waals surface area contributed by atoms with E-state index in [-0.39, 0.29) is 17.0 Å². The zero-order chi connectivity index (χ0) is 13.5. The molecule has 0 aliphatic rings. The molecule has 0 unspecified atom stereocenters. The predicted molar refractivity (Wildman–Crippen MR) is 70.0 cm³/mol. The van der Waals surface area contributed by atoms with E-state index in [1.165, 1.54) is 0 Å². The summed E-state index contributed by atoms with van der Waals surface area (Å²) in [6.45, 7) is 7.19. The highest BCUT2D eigenvalue weighted by atomic mass is 16.5. The third-order valence-corrected chi connectivity index (χ3v) is 2.68. The second-order valence-corrected chi connectivity index (χ2v) is 3.98. The van der Waals surface area contributed by atoms with Gasteiger partial charge in [0.1, 0.15) is 5.56 Å². The monoisotopic (exact) mass is 252 g/mol. The lowest BCUT2D eigenvalue weighted by Gasteiger charge is -2.07. The molecule has 18 heavy (non-hydrogen) atoms. The molecule has 5 heteroatoms. The number of hydrogen-bond acceptors (Lipinski definition) is 3. The average molecular weight is 252 g/mol. The van der Waals surface area contributed by atoms with Crippen LogP contribution in [0.2, 0.25) is 0 Å². The lowest BCUT2D eigenvalue weighted by Crippen LogP contribution is -2.32. The van der Waals surface area contributed by atoms with Crippen LogP contribution in [-0.2, 0) is 11.2 Å². The van der Waals surface area contributed by atoms with Crippen LogP contribution in [0.1, 0.15) is 35.5 Å². The Morgan fingerprint density at radius 1 is 1.44 bits per heavy atom. The number of rotatable bonds is 6. The number of carbonyl (C=O) groups is 1. The first-order valence-electron chi connectivity index (χ1n) is 6.18. The van der Waals surface area contributed by atoms with Gasteiger partial charge < -0.3 is 15.0 Å². The molecule has 0 atom stereocenters. The molecule has 0 bridgehead atoms. The van der Waals surface area contributed by atoms with Gasteiger partial charge in [0.25, 0.3) is 11.5 Å². The minimum Gasteiger partial charge on any atom is -0.380 e. The molecule has 1 aromatic rings. The predicted octanol–water partition coefficient (Wildman–Crippen LogP) is 1.01. The van der Waals surface area contributed by atoms with Crippen molar-refractivity contribution in [2.24, 2.45) is 0 Å². The normalized spacial score (nSPS) is 10.4. The van der Waals surface area contributed by atoms with E-state index < -0.39 is 0 Å². The van der Waals surface area contributed by atoms with Gasteiger partial charge in [0.05, 0.1) is 6.61 Å². The van der Waals surface area contributed by atoms with Crippen LogP contribution in [0.25, 0.3) is 0 Å². The standard InChI is InChI=1S/C13H20N2O3/c1-4-11-9(3)8-10(13(17)15-11)12(16)14-6-7-18-5-2/h8H,4-7H2,1-3H3,(H,14,16)(H,15,17). The van der Waals surface area contributed by atoms with E-state index in [9.17, 15) is 9.59 Å². The zero-order valence-corrected chi connectivity index (χ0v) is 11.1. The topological polar surface area (TPSA) is 71.2 Å². The van der Waals surface area contributed by atoms with E-state index in [4.69, 9.17) is 4.74 Å². The number of pyridine rings is 1. The van der Waals surface area contributed by atoms with Gasteiger partial charge in [-0.3, -0.25) is 9.59 Å². The van der Waals surface area contributed by atoms with Gasteiger partial charge in [-0.15, -0.1) is 0 Å². The molecule has 5 nitrogen and oxygen atoms in total.